The van der Waals surface area contributed by atoms with Gasteiger partial charge in [-0.25, -0.2) is 13.1 Å². The first-order chi connectivity index (χ1) is 9.94. The number of anilines is 1. The van der Waals surface area contributed by atoms with Crippen LogP contribution in [0, 0.1) is 17.8 Å². The second-order valence-electron chi connectivity index (χ2n) is 7.26. The van der Waals surface area contributed by atoms with Crippen LogP contribution in [0.3, 0.4) is 0 Å². The van der Waals surface area contributed by atoms with Crippen molar-refractivity contribution in [1.82, 2.24) is 9.71 Å². The van der Waals surface area contributed by atoms with Crippen molar-refractivity contribution in [2.75, 3.05) is 5.73 Å². The summed E-state index contributed by atoms with van der Waals surface area (Å²) in [4.78, 5) is 4.08. The number of aromatic nitrogens is 1. The summed E-state index contributed by atoms with van der Waals surface area (Å²) in [5.41, 5.74) is 5.82. The second-order valence-corrected chi connectivity index (χ2v) is 8.94. The van der Waals surface area contributed by atoms with Crippen LogP contribution in [0.2, 0.25) is 0 Å². The normalized spacial score (nSPS) is 37.8. The molecule has 1 aromatic rings. The molecule has 1 heterocycles. The van der Waals surface area contributed by atoms with Gasteiger partial charge < -0.3 is 5.73 Å². The van der Waals surface area contributed by atoms with E-state index in [0.717, 1.165) is 19.3 Å². The zero-order valence-electron chi connectivity index (χ0n) is 12.0. The molecule has 3 N–H and O–H groups in total. The maximum atomic E-state index is 12.7. The third-order valence-corrected chi connectivity index (χ3v) is 6.98. The van der Waals surface area contributed by atoms with Crippen LogP contribution in [-0.4, -0.2) is 18.9 Å². The molecular weight excluding hydrogens is 286 g/mol. The summed E-state index contributed by atoms with van der Waals surface area (Å²) >= 11 is 0. The summed E-state index contributed by atoms with van der Waals surface area (Å²) < 4.78 is 28.3. The molecule has 5 rings (SSSR count). The highest BCUT2D eigenvalue weighted by molar-refractivity contribution is 7.89. The lowest BCUT2D eigenvalue weighted by atomic mass is 9.53. The lowest BCUT2D eigenvalue weighted by Gasteiger charge is -2.56. The molecule has 0 saturated heterocycles. The fraction of sp³-hybridized carbons (Fsp3) is 0.667. The molecule has 4 aliphatic carbocycles. The van der Waals surface area contributed by atoms with E-state index in [1.54, 1.807) is 0 Å². The Balaban J connectivity index is 1.63. The molecule has 0 aromatic carbocycles. The standard InChI is InChI=1S/C15H21N3O2S/c16-13-4-14(9-17-8-13)21(19,20)18-15-5-10-1-11(6-15)3-12(2-10)7-15/h4,8-12,18H,1-3,5-7,16H2. The predicted octanol–water partition coefficient (Wildman–Crippen LogP) is 1.91. The molecule has 0 unspecified atom stereocenters. The summed E-state index contributed by atoms with van der Waals surface area (Å²) in [6.45, 7) is 0. The van der Waals surface area contributed by atoms with E-state index in [1.165, 1.54) is 37.7 Å². The molecule has 6 heteroatoms. The minimum absolute atomic E-state index is 0.179. The Kier molecular flexibility index (Phi) is 2.85. The molecule has 4 aliphatic rings. The smallest absolute Gasteiger partial charge is 0.242 e. The van der Waals surface area contributed by atoms with Gasteiger partial charge in [-0.2, -0.15) is 0 Å². The van der Waals surface area contributed by atoms with E-state index in [9.17, 15) is 8.42 Å². The number of nitrogen functional groups attached to an aromatic ring is 1. The highest BCUT2D eigenvalue weighted by Gasteiger charge is 2.52. The van der Waals surface area contributed by atoms with Gasteiger partial charge in [-0.05, 0) is 62.3 Å². The number of hydrogen-bond donors (Lipinski definition) is 2. The Morgan fingerprint density at radius 1 is 1.10 bits per heavy atom. The Hall–Kier alpha value is -1.14. The summed E-state index contributed by atoms with van der Waals surface area (Å²) in [5, 5.41) is 0. The molecule has 0 atom stereocenters. The van der Waals surface area contributed by atoms with Crippen molar-refractivity contribution < 1.29 is 8.42 Å². The summed E-state index contributed by atoms with van der Waals surface area (Å²) in [7, 11) is -3.54. The Morgan fingerprint density at radius 3 is 2.19 bits per heavy atom. The third kappa shape index (κ3) is 2.34. The highest BCUT2D eigenvalue weighted by Crippen LogP contribution is 2.55. The van der Waals surface area contributed by atoms with Crippen molar-refractivity contribution in [2.45, 2.75) is 49.0 Å². The van der Waals surface area contributed by atoms with Crippen LogP contribution in [0.5, 0.6) is 0 Å². The number of rotatable bonds is 3. The number of nitrogens with two attached hydrogens (primary N) is 1. The Labute approximate surface area is 125 Å². The predicted molar refractivity (Wildman–Crippen MR) is 79.9 cm³/mol. The molecule has 5 nitrogen and oxygen atoms in total. The molecule has 4 saturated carbocycles. The zero-order valence-corrected chi connectivity index (χ0v) is 12.8. The van der Waals surface area contributed by atoms with Crippen molar-refractivity contribution >= 4 is 15.7 Å². The van der Waals surface area contributed by atoms with E-state index in [-0.39, 0.29) is 10.4 Å². The number of nitrogens with zero attached hydrogens (tertiary/aromatic N) is 1. The average Bonchev–Trinajstić information content (AvgIpc) is 2.35. The van der Waals surface area contributed by atoms with Gasteiger partial charge in [-0.15, -0.1) is 0 Å². The van der Waals surface area contributed by atoms with Crippen molar-refractivity contribution in [1.29, 1.82) is 0 Å². The SMILES string of the molecule is Nc1cncc(S(=O)(=O)NC23CC4CC(CC(C4)C2)C3)c1. The lowest BCUT2D eigenvalue weighted by Crippen LogP contribution is -2.59. The van der Waals surface area contributed by atoms with Gasteiger partial charge in [-0.3, -0.25) is 4.98 Å². The number of pyridine rings is 1. The molecule has 21 heavy (non-hydrogen) atoms. The van der Waals surface area contributed by atoms with Gasteiger partial charge in [0.15, 0.2) is 0 Å². The van der Waals surface area contributed by atoms with Crippen molar-refractivity contribution in [2.24, 2.45) is 17.8 Å². The molecule has 114 valence electrons. The Bertz CT molecular complexity index is 636. The van der Waals surface area contributed by atoms with Crippen LogP contribution >= 0.6 is 0 Å². The minimum Gasteiger partial charge on any atom is -0.397 e. The van der Waals surface area contributed by atoms with Crippen LogP contribution in [0.1, 0.15) is 38.5 Å². The fourth-order valence-electron chi connectivity index (χ4n) is 5.16. The second kappa shape index (κ2) is 4.43. The van der Waals surface area contributed by atoms with E-state index in [0.29, 0.717) is 23.4 Å². The molecule has 0 aliphatic heterocycles. The lowest BCUT2D eigenvalue weighted by molar-refractivity contribution is -0.00810. The number of nitrogens with one attached hydrogen (secondary N) is 1. The maximum absolute atomic E-state index is 12.7. The Morgan fingerprint density at radius 2 is 1.67 bits per heavy atom. The molecule has 1 aromatic heterocycles. The van der Waals surface area contributed by atoms with Gasteiger partial charge in [-0.1, -0.05) is 0 Å². The largest absolute Gasteiger partial charge is 0.397 e. The molecule has 0 amide bonds. The van der Waals surface area contributed by atoms with Crippen molar-refractivity contribution in [3.63, 3.8) is 0 Å². The molecule has 0 radical (unpaired) electrons. The monoisotopic (exact) mass is 307 g/mol. The average molecular weight is 307 g/mol. The zero-order chi connectivity index (χ0) is 14.7. The van der Waals surface area contributed by atoms with E-state index in [4.69, 9.17) is 5.73 Å². The fourth-order valence-corrected chi connectivity index (χ4v) is 6.59. The van der Waals surface area contributed by atoms with Gasteiger partial charge in [0, 0.05) is 17.9 Å². The van der Waals surface area contributed by atoms with Gasteiger partial charge >= 0.3 is 0 Å². The van der Waals surface area contributed by atoms with Crippen LogP contribution in [-0.2, 0) is 10.0 Å². The van der Waals surface area contributed by atoms with E-state index >= 15 is 0 Å². The first kappa shape index (κ1) is 13.5. The van der Waals surface area contributed by atoms with Crippen LogP contribution in [0.4, 0.5) is 5.69 Å². The van der Waals surface area contributed by atoms with Gasteiger partial charge in [0.05, 0.1) is 5.69 Å². The van der Waals surface area contributed by atoms with Crippen LogP contribution in [0.15, 0.2) is 23.4 Å². The molecular formula is C15H21N3O2S. The van der Waals surface area contributed by atoms with Crippen LogP contribution in [0.25, 0.3) is 0 Å². The number of sulfonamides is 1. The van der Waals surface area contributed by atoms with Crippen molar-refractivity contribution in [3.05, 3.63) is 18.5 Å². The quantitative estimate of drug-likeness (QED) is 0.893. The van der Waals surface area contributed by atoms with Crippen LogP contribution < -0.4 is 10.5 Å². The van der Waals surface area contributed by atoms with Crippen molar-refractivity contribution in [3.8, 4) is 0 Å². The van der Waals surface area contributed by atoms with E-state index in [1.807, 2.05) is 0 Å². The number of hydrogen-bond acceptors (Lipinski definition) is 4. The first-order valence-electron chi connectivity index (χ1n) is 7.69. The highest BCUT2D eigenvalue weighted by atomic mass is 32.2. The van der Waals surface area contributed by atoms with Gasteiger partial charge in [0.1, 0.15) is 4.90 Å². The summed E-state index contributed by atoms with van der Waals surface area (Å²) in [5.74, 6) is 2.12. The topological polar surface area (TPSA) is 85.1 Å². The third-order valence-electron chi connectivity index (χ3n) is 5.43. The molecule has 4 bridgehead atoms. The maximum Gasteiger partial charge on any atom is 0.242 e. The minimum atomic E-state index is -3.54. The van der Waals surface area contributed by atoms with Gasteiger partial charge in [0.25, 0.3) is 0 Å². The van der Waals surface area contributed by atoms with E-state index < -0.39 is 10.0 Å². The summed E-state index contributed by atoms with van der Waals surface area (Å²) in [6.07, 6.45) is 9.70. The van der Waals surface area contributed by atoms with E-state index in [2.05, 4.69) is 9.71 Å². The summed E-state index contributed by atoms with van der Waals surface area (Å²) in [6, 6.07) is 1.48. The molecule has 0 spiro atoms. The first-order valence-corrected chi connectivity index (χ1v) is 9.17. The molecule has 4 fully saturated rings. The van der Waals surface area contributed by atoms with Gasteiger partial charge in [0.2, 0.25) is 10.0 Å².